The number of methoxy groups -OCH3 is 2. The van der Waals surface area contributed by atoms with Gasteiger partial charge in [-0.15, -0.1) is 0 Å². The number of hydrogen-bond donors (Lipinski definition) is 0. The number of aromatic nitrogens is 2. The maximum Gasteiger partial charge on any atom is 0.247 e. The van der Waals surface area contributed by atoms with Gasteiger partial charge >= 0.3 is 0 Å². The Kier molecular flexibility index (Phi) is 3.71. The van der Waals surface area contributed by atoms with Gasteiger partial charge in [0.15, 0.2) is 0 Å². The number of rotatable bonds is 4. The van der Waals surface area contributed by atoms with Gasteiger partial charge in [-0.25, -0.2) is 18.4 Å². The van der Waals surface area contributed by atoms with E-state index in [9.17, 15) is 8.42 Å². The van der Waals surface area contributed by atoms with Crippen molar-refractivity contribution in [2.75, 3.05) is 14.2 Å². The largest absolute Gasteiger partial charge is 0.497 e. The molecule has 0 atom stereocenters. The predicted molar refractivity (Wildman–Crippen MR) is 78.0 cm³/mol. The Morgan fingerprint density at radius 3 is 2.68 bits per heavy atom. The molecule has 1 aliphatic rings. The van der Waals surface area contributed by atoms with Crippen molar-refractivity contribution in [1.29, 1.82) is 0 Å². The van der Waals surface area contributed by atoms with Crippen LogP contribution in [0.1, 0.15) is 11.3 Å². The molecule has 0 radical (unpaired) electrons. The first-order valence-corrected chi connectivity index (χ1v) is 8.00. The average molecular weight is 321 g/mol. The molecule has 0 saturated heterocycles. The lowest BCUT2D eigenvalue weighted by atomic mass is 10.3. The van der Waals surface area contributed by atoms with E-state index in [1.165, 1.54) is 30.9 Å². The van der Waals surface area contributed by atoms with Gasteiger partial charge in [0.1, 0.15) is 22.7 Å². The molecule has 116 valence electrons. The molecule has 0 unspecified atom stereocenters. The smallest absolute Gasteiger partial charge is 0.247 e. The van der Waals surface area contributed by atoms with Gasteiger partial charge in [-0.3, -0.25) is 0 Å². The number of sulfonamides is 1. The summed E-state index contributed by atoms with van der Waals surface area (Å²) < 4.78 is 37.3. The van der Waals surface area contributed by atoms with Crippen molar-refractivity contribution in [3.8, 4) is 11.5 Å². The summed E-state index contributed by atoms with van der Waals surface area (Å²) in [6.07, 6.45) is 3.06. The Hall–Kier alpha value is -2.19. The van der Waals surface area contributed by atoms with Crippen molar-refractivity contribution >= 4 is 10.0 Å². The normalized spacial score (nSPS) is 14.6. The van der Waals surface area contributed by atoms with Crippen LogP contribution >= 0.6 is 0 Å². The van der Waals surface area contributed by atoms with E-state index in [-0.39, 0.29) is 23.7 Å². The molecule has 1 aliphatic heterocycles. The number of ether oxygens (including phenoxy) is 2. The molecule has 1 aromatic heterocycles. The first-order valence-electron chi connectivity index (χ1n) is 6.56. The van der Waals surface area contributed by atoms with Gasteiger partial charge in [-0.2, -0.15) is 4.31 Å². The van der Waals surface area contributed by atoms with Gasteiger partial charge in [0.25, 0.3) is 0 Å². The molecule has 22 heavy (non-hydrogen) atoms. The number of nitrogens with zero attached hydrogens (tertiary/aromatic N) is 3. The fourth-order valence-corrected chi connectivity index (χ4v) is 3.88. The van der Waals surface area contributed by atoms with Crippen LogP contribution < -0.4 is 9.47 Å². The Morgan fingerprint density at radius 2 is 2.00 bits per heavy atom. The van der Waals surface area contributed by atoms with Crippen molar-refractivity contribution in [3.05, 3.63) is 42.0 Å². The molecule has 0 fully saturated rings. The molecule has 0 spiro atoms. The van der Waals surface area contributed by atoms with Crippen LogP contribution in [0.5, 0.6) is 11.5 Å². The van der Waals surface area contributed by atoms with Crippen LogP contribution in [0.3, 0.4) is 0 Å². The zero-order chi connectivity index (χ0) is 15.7. The fourth-order valence-electron chi connectivity index (χ4n) is 2.37. The van der Waals surface area contributed by atoms with Gasteiger partial charge < -0.3 is 9.47 Å². The van der Waals surface area contributed by atoms with Crippen molar-refractivity contribution in [2.45, 2.75) is 18.0 Å². The lowest BCUT2D eigenvalue weighted by Gasteiger charge is -2.17. The summed E-state index contributed by atoms with van der Waals surface area (Å²) in [4.78, 5) is 8.15. The Labute approximate surface area is 128 Å². The summed E-state index contributed by atoms with van der Waals surface area (Å²) >= 11 is 0. The number of fused-ring (bicyclic) bond motifs is 1. The van der Waals surface area contributed by atoms with E-state index in [2.05, 4.69) is 9.97 Å². The summed E-state index contributed by atoms with van der Waals surface area (Å²) in [6.45, 7) is 0.489. The van der Waals surface area contributed by atoms with Crippen molar-refractivity contribution in [3.63, 3.8) is 0 Å². The van der Waals surface area contributed by atoms with E-state index in [1.54, 1.807) is 18.3 Å². The molecule has 7 nitrogen and oxygen atoms in total. The molecular weight excluding hydrogens is 306 g/mol. The van der Waals surface area contributed by atoms with E-state index >= 15 is 0 Å². The van der Waals surface area contributed by atoms with E-state index in [4.69, 9.17) is 9.47 Å². The van der Waals surface area contributed by atoms with Gasteiger partial charge in [-0.05, 0) is 12.1 Å². The van der Waals surface area contributed by atoms with Crippen LogP contribution in [-0.2, 0) is 23.1 Å². The first-order chi connectivity index (χ1) is 10.6. The zero-order valence-electron chi connectivity index (χ0n) is 12.2. The van der Waals surface area contributed by atoms with E-state index < -0.39 is 10.0 Å². The standard InChI is InChI=1S/C14H15N3O4S/c1-20-11-3-4-14(13(5-11)21-2)22(18,19)17-7-10-6-15-9-16-12(10)8-17/h3-6,9H,7-8H2,1-2H3. The van der Waals surface area contributed by atoms with Crippen LogP contribution in [0.15, 0.2) is 35.6 Å². The van der Waals surface area contributed by atoms with Crippen LogP contribution in [0.2, 0.25) is 0 Å². The topological polar surface area (TPSA) is 81.6 Å². The Bertz CT molecular complexity index is 782. The van der Waals surface area contributed by atoms with Crippen molar-refractivity contribution < 1.29 is 17.9 Å². The molecular formula is C14H15N3O4S. The third-order valence-electron chi connectivity index (χ3n) is 3.54. The zero-order valence-corrected chi connectivity index (χ0v) is 13.0. The highest BCUT2D eigenvalue weighted by molar-refractivity contribution is 7.89. The number of hydrogen-bond acceptors (Lipinski definition) is 6. The second-order valence-electron chi connectivity index (χ2n) is 4.78. The predicted octanol–water partition coefficient (Wildman–Crippen LogP) is 1.20. The highest BCUT2D eigenvalue weighted by atomic mass is 32.2. The third kappa shape index (κ3) is 2.40. The summed E-state index contributed by atoms with van der Waals surface area (Å²) in [5.41, 5.74) is 1.55. The monoisotopic (exact) mass is 321 g/mol. The third-order valence-corrected chi connectivity index (χ3v) is 5.37. The molecule has 2 heterocycles. The highest BCUT2D eigenvalue weighted by Crippen LogP contribution is 2.33. The average Bonchev–Trinajstić information content (AvgIpc) is 2.99. The molecule has 3 rings (SSSR count). The minimum absolute atomic E-state index is 0.108. The maximum absolute atomic E-state index is 12.8. The second kappa shape index (κ2) is 5.54. The Morgan fingerprint density at radius 1 is 1.18 bits per heavy atom. The Balaban J connectivity index is 1.98. The number of benzene rings is 1. The molecule has 1 aromatic carbocycles. The van der Waals surface area contributed by atoms with Crippen LogP contribution in [-0.4, -0.2) is 36.9 Å². The SMILES string of the molecule is COc1ccc(S(=O)(=O)N2Cc3cncnc3C2)c(OC)c1. The van der Waals surface area contributed by atoms with E-state index in [0.29, 0.717) is 5.75 Å². The molecule has 8 heteroatoms. The van der Waals surface area contributed by atoms with Crippen LogP contribution in [0, 0.1) is 0 Å². The van der Waals surface area contributed by atoms with Crippen LogP contribution in [0.25, 0.3) is 0 Å². The fraction of sp³-hybridized carbons (Fsp3) is 0.286. The maximum atomic E-state index is 12.8. The van der Waals surface area contributed by atoms with Gasteiger partial charge in [0.2, 0.25) is 10.0 Å². The summed E-state index contributed by atoms with van der Waals surface area (Å²) in [6, 6.07) is 4.63. The van der Waals surface area contributed by atoms with Gasteiger partial charge in [0.05, 0.1) is 26.5 Å². The molecule has 0 bridgehead atoms. The van der Waals surface area contributed by atoms with Gasteiger partial charge in [0, 0.05) is 24.4 Å². The van der Waals surface area contributed by atoms with Gasteiger partial charge in [-0.1, -0.05) is 0 Å². The summed E-state index contributed by atoms with van der Waals surface area (Å²) in [5.74, 6) is 0.785. The lowest BCUT2D eigenvalue weighted by Crippen LogP contribution is -2.26. The van der Waals surface area contributed by atoms with Crippen molar-refractivity contribution in [2.24, 2.45) is 0 Å². The van der Waals surface area contributed by atoms with Crippen molar-refractivity contribution in [1.82, 2.24) is 14.3 Å². The molecule has 0 amide bonds. The lowest BCUT2D eigenvalue weighted by molar-refractivity contribution is 0.380. The first kappa shape index (κ1) is 14.7. The molecule has 0 saturated carbocycles. The second-order valence-corrected chi connectivity index (χ2v) is 6.69. The van der Waals surface area contributed by atoms with E-state index in [0.717, 1.165) is 11.3 Å². The van der Waals surface area contributed by atoms with E-state index in [1.807, 2.05) is 0 Å². The quantitative estimate of drug-likeness (QED) is 0.841. The molecule has 0 N–H and O–H groups in total. The molecule has 2 aromatic rings. The molecule has 0 aliphatic carbocycles. The summed E-state index contributed by atoms with van der Waals surface area (Å²) in [5, 5.41) is 0. The summed E-state index contributed by atoms with van der Waals surface area (Å²) in [7, 11) is -0.748. The van der Waals surface area contributed by atoms with Crippen LogP contribution in [0.4, 0.5) is 0 Å². The minimum atomic E-state index is -3.69. The highest BCUT2D eigenvalue weighted by Gasteiger charge is 2.33. The minimum Gasteiger partial charge on any atom is -0.497 e.